The van der Waals surface area contributed by atoms with Gasteiger partial charge in [-0.15, -0.1) is 11.3 Å². The van der Waals surface area contributed by atoms with Gasteiger partial charge in [0.15, 0.2) is 5.76 Å². The summed E-state index contributed by atoms with van der Waals surface area (Å²) in [4.78, 5) is 58.7. The first kappa shape index (κ1) is 28.9. The van der Waals surface area contributed by atoms with E-state index in [0.29, 0.717) is 16.7 Å². The molecule has 5 aromatic rings. The lowest BCUT2D eigenvalue weighted by atomic mass is 9.96. The molecule has 5 rings (SSSR count). The van der Waals surface area contributed by atoms with Crippen LogP contribution in [0.15, 0.2) is 82.3 Å². The molecule has 0 aliphatic carbocycles. The van der Waals surface area contributed by atoms with E-state index in [0.717, 1.165) is 9.44 Å². The molecule has 0 fully saturated rings. The molecule has 0 aliphatic heterocycles. The standard InChI is InChI=1S/C30H26ClN5O5S/c1-30(2,3)29(40)36-26(33-16-18-9-12-25(31)42-18)15-21(34-36)19-10-11-22(27(38)20-7-4-5-13-32-20)35(28(19)39)17-23(37)24-8-6-14-41-24/h4-15,33H,16-17H2,1-3H3. The second-order valence-electron chi connectivity index (χ2n) is 10.4. The maximum Gasteiger partial charge on any atom is 0.261 e. The quantitative estimate of drug-likeness (QED) is 0.208. The van der Waals surface area contributed by atoms with Crippen molar-refractivity contribution in [2.24, 2.45) is 5.41 Å². The van der Waals surface area contributed by atoms with Gasteiger partial charge in [-0.2, -0.15) is 9.78 Å². The van der Waals surface area contributed by atoms with Crippen molar-refractivity contribution in [1.82, 2.24) is 19.3 Å². The molecule has 12 heteroatoms. The normalized spacial score (nSPS) is 11.4. The van der Waals surface area contributed by atoms with E-state index in [1.807, 2.05) is 6.07 Å². The molecule has 5 heterocycles. The number of halogens is 1. The van der Waals surface area contributed by atoms with E-state index in [2.05, 4.69) is 15.4 Å². The molecule has 5 aromatic heterocycles. The maximum atomic E-state index is 13.9. The van der Waals surface area contributed by atoms with Gasteiger partial charge in [0, 0.05) is 22.6 Å². The number of carbonyl (C=O) groups is 3. The van der Waals surface area contributed by atoms with Gasteiger partial charge in [0.1, 0.15) is 17.2 Å². The number of carbonyl (C=O) groups excluding carboxylic acids is 3. The highest BCUT2D eigenvalue weighted by atomic mass is 35.5. The lowest BCUT2D eigenvalue weighted by Gasteiger charge is -2.18. The smallest absolute Gasteiger partial charge is 0.261 e. The number of thiophene rings is 1. The van der Waals surface area contributed by atoms with Crippen LogP contribution in [0.5, 0.6) is 0 Å². The van der Waals surface area contributed by atoms with E-state index >= 15 is 0 Å². The van der Waals surface area contributed by atoms with Gasteiger partial charge in [-0.25, -0.2) is 0 Å². The fourth-order valence-electron chi connectivity index (χ4n) is 4.15. The zero-order valence-electron chi connectivity index (χ0n) is 23.0. The van der Waals surface area contributed by atoms with Gasteiger partial charge in [-0.3, -0.25) is 28.7 Å². The Hall–Kier alpha value is -4.61. The molecule has 0 saturated carbocycles. The minimum atomic E-state index is -0.777. The molecule has 0 amide bonds. The molecule has 0 radical (unpaired) electrons. The Morgan fingerprint density at radius 1 is 1.05 bits per heavy atom. The van der Waals surface area contributed by atoms with Gasteiger partial charge in [0.2, 0.25) is 11.6 Å². The molecule has 0 unspecified atom stereocenters. The van der Waals surface area contributed by atoms with Crippen molar-refractivity contribution in [2.75, 3.05) is 5.32 Å². The lowest BCUT2D eigenvalue weighted by molar-refractivity contribution is 0.0752. The Bertz CT molecular complexity index is 1830. The topological polar surface area (TPSA) is 129 Å². The minimum Gasteiger partial charge on any atom is -0.461 e. The van der Waals surface area contributed by atoms with Crippen molar-refractivity contribution in [3.05, 3.63) is 110 Å². The fourth-order valence-corrected chi connectivity index (χ4v) is 5.18. The number of nitrogens with zero attached hydrogens (tertiary/aromatic N) is 4. The molecule has 1 N–H and O–H groups in total. The number of ketones is 2. The summed E-state index contributed by atoms with van der Waals surface area (Å²) in [6, 6.07) is 16.1. The highest BCUT2D eigenvalue weighted by molar-refractivity contribution is 7.16. The Morgan fingerprint density at radius 3 is 2.50 bits per heavy atom. The summed E-state index contributed by atoms with van der Waals surface area (Å²) in [5.41, 5.74) is -1.03. The second-order valence-corrected chi connectivity index (χ2v) is 12.2. The molecule has 0 aromatic carbocycles. The number of aromatic nitrogens is 4. The summed E-state index contributed by atoms with van der Waals surface area (Å²) in [5.74, 6) is -0.906. The summed E-state index contributed by atoms with van der Waals surface area (Å²) in [5, 5.41) is 7.71. The third-order valence-corrected chi connectivity index (χ3v) is 7.53. The van der Waals surface area contributed by atoms with Crippen LogP contribution in [0.25, 0.3) is 11.3 Å². The number of pyridine rings is 2. The highest BCUT2D eigenvalue weighted by Crippen LogP contribution is 2.27. The molecule has 0 saturated heterocycles. The molecular formula is C30H26ClN5O5S. The van der Waals surface area contributed by atoms with Crippen LogP contribution in [0.2, 0.25) is 4.34 Å². The Labute approximate surface area is 249 Å². The molecule has 0 aliphatic rings. The van der Waals surface area contributed by atoms with E-state index in [-0.39, 0.29) is 34.3 Å². The third kappa shape index (κ3) is 6.02. The van der Waals surface area contributed by atoms with Crippen LogP contribution >= 0.6 is 22.9 Å². The van der Waals surface area contributed by atoms with E-state index < -0.39 is 29.1 Å². The van der Waals surface area contributed by atoms with Crippen molar-refractivity contribution in [3.63, 3.8) is 0 Å². The number of anilines is 1. The first-order chi connectivity index (χ1) is 20.0. The summed E-state index contributed by atoms with van der Waals surface area (Å²) in [6.45, 7) is 5.22. The number of hydrogen-bond acceptors (Lipinski definition) is 9. The number of hydrogen-bond donors (Lipinski definition) is 1. The van der Waals surface area contributed by atoms with Crippen LogP contribution in [-0.2, 0) is 13.1 Å². The average Bonchev–Trinajstić information content (AvgIpc) is 3.73. The average molecular weight is 604 g/mol. The molecule has 0 spiro atoms. The van der Waals surface area contributed by atoms with E-state index in [1.165, 1.54) is 52.7 Å². The van der Waals surface area contributed by atoms with Crippen molar-refractivity contribution in [3.8, 4) is 11.3 Å². The highest BCUT2D eigenvalue weighted by Gasteiger charge is 2.28. The van der Waals surface area contributed by atoms with Crippen LogP contribution in [0.4, 0.5) is 5.82 Å². The van der Waals surface area contributed by atoms with Crippen LogP contribution in [0, 0.1) is 5.41 Å². The van der Waals surface area contributed by atoms with E-state index in [9.17, 15) is 19.2 Å². The van der Waals surface area contributed by atoms with Crippen LogP contribution in [-0.4, -0.2) is 36.8 Å². The van der Waals surface area contributed by atoms with E-state index in [4.69, 9.17) is 16.0 Å². The van der Waals surface area contributed by atoms with Gasteiger partial charge in [0.25, 0.3) is 11.5 Å². The maximum absolute atomic E-state index is 13.9. The lowest BCUT2D eigenvalue weighted by Crippen LogP contribution is -2.31. The zero-order valence-corrected chi connectivity index (χ0v) is 24.5. The second kappa shape index (κ2) is 11.7. The molecule has 10 nitrogen and oxygen atoms in total. The summed E-state index contributed by atoms with van der Waals surface area (Å²) in [7, 11) is 0. The number of rotatable bonds is 9. The summed E-state index contributed by atoms with van der Waals surface area (Å²) < 4.78 is 8.17. The molecule has 214 valence electrons. The van der Waals surface area contributed by atoms with Crippen LogP contribution in [0.3, 0.4) is 0 Å². The SMILES string of the molecule is CC(C)(C)C(=O)n1nc(-c2ccc(C(=O)c3ccccn3)n(CC(=O)c3ccco3)c2=O)cc1NCc1ccc(Cl)s1. The van der Waals surface area contributed by atoms with Gasteiger partial charge in [0.05, 0.1) is 34.9 Å². The Morgan fingerprint density at radius 2 is 1.86 bits per heavy atom. The summed E-state index contributed by atoms with van der Waals surface area (Å²) in [6.07, 6.45) is 2.82. The van der Waals surface area contributed by atoms with E-state index in [1.54, 1.807) is 51.1 Å². The monoisotopic (exact) mass is 603 g/mol. The van der Waals surface area contributed by atoms with Crippen LogP contribution in [0.1, 0.15) is 57.2 Å². The first-order valence-electron chi connectivity index (χ1n) is 12.9. The zero-order chi connectivity index (χ0) is 30.0. The number of Topliss-reactive ketones (excluding diaryl/α,β-unsaturated/α-hetero) is 1. The molecule has 0 bridgehead atoms. The first-order valence-corrected chi connectivity index (χ1v) is 14.1. The van der Waals surface area contributed by atoms with Gasteiger partial charge < -0.3 is 9.73 Å². The molecule has 0 atom stereocenters. The van der Waals surface area contributed by atoms with Gasteiger partial charge in [-0.05, 0) is 48.5 Å². The van der Waals surface area contributed by atoms with Crippen molar-refractivity contribution >= 4 is 46.2 Å². The van der Waals surface area contributed by atoms with Gasteiger partial charge in [-0.1, -0.05) is 38.4 Å². The largest absolute Gasteiger partial charge is 0.461 e. The van der Waals surface area contributed by atoms with Crippen LogP contribution < -0.4 is 10.9 Å². The predicted molar refractivity (Wildman–Crippen MR) is 159 cm³/mol. The number of furan rings is 1. The fraction of sp³-hybridized carbons (Fsp3) is 0.200. The minimum absolute atomic E-state index is 0.0273. The molecular weight excluding hydrogens is 578 g/mol. The molecule has 42 heavy (non-hydrogen) atoms. The van der Waals surface area contributed by atoms with Gasteiger partial charge >= 0.3 is 0 Å². The summed E-state index contributed by atoms with van der Waals surface area (Å²) >= 11 is 7.47. The third-order valence-electron chi connectivity index (χ3n) is 6.29. The number of nitrogens with one attached hydrogen (secondary N) is 1. The van der Waals surface area contributed by atoms with Crippen molar-refractivity contribution in [2.45, 2.75) is 33.9 Å². The predicted octanol–water partition coefficient (Wildman–Crippen LogP) is 5.83. The Balaban J connectivity index is 1.60. The van der Waals surface area contributed by atoms with Crippen molar-refractivity contribution in [1.29, 1.82) is 0 Å². The van der Waals surface area contributed by atoms with Crippen molar-refractivity contribution < 1.29 is 18.8 Å². The Kier molecular flexibility index (Phi) is 8.06.